The van der Waals surface area contributed by atoms with E-state index in [-0.39, 0.29) is 28.6 Å². The minimum atomic E-state index is -5.55. The van der Waals surface area contributed by atoms with E-state index in [0.717, 1.165) is 27.9 Å². The third-order valence-corrected chi connectivity index (χ3v) is 15.5. The number of phosphoric acid groups is 2. The summed E-state index contributed by atoms with van der Waals surface area (Å²) in [6, 6.07) is 17.8. The zero-order chi connectivity index (χ0) is 50.4. The molecule has 0 saturated carbocycles. The van der Waals surface area contributed by atoms with E-state index in [2.05, 4.69) is 147 Å². The van der Waals surface area contributed by atoms with Gasteiger partial charge in [-0.2, -0.15) is 4.31 Å². The number of benzene rings is 3. The average molecular weight is 947 g/mol. The molecule has 2 aliphatic carbocycles. The molecule has 0 aliphatic heterocycles. The zero-order valence-electron chi connectivity index (χ0n) is 42.4. The first-order valence-corrected chi connectivity index (χ1v) is 25.8. The number of aromatic hydroxyl groups is 3. The Morgan fingerprint density at radius 2 is 0.894 bits per heavy atom. The van der Waals surface area contributed by atoms with E-state index in [1.54, 1.807) is 24.3 Å². The lowest BCUT2D eigenvalue weighted by molar-refractivity contribution is 0.218. The van der Waals surface area contributed by atoms with Gasteiger partial charge in [0.05, 0.1) is 0 Å². The fourth-order valence-corrected chi connectivity index (χ4v) is 13.0. The van der Waals surface area contributed by atoms with Crippen LogP contribution >= 0.6 is 15.6 Å². The summed E-state index contributed by atoms with van der Waals surface area (Å²) in [5.41, 5.74) is 0.824. The van der Waals surface area contributed by atoms with Gasteiger partial charge in [0.15, 0.2) is 0 Å². The molecule has 66 heavy (non-hydrogen) atoms. The molecule has 0 bridgehead atoms. The molecule has 3 aromatic carbocycles. The molecule has 0 saturated heterocycles. The maximum Gasteiger partial charge on any atom is 0.536 e. The number of allylic oxidation sites excluding steroid dienone is 8. The van der Waals surface area contributed by atoms with E-state index in [9.17, 15) is 39.1 Å². The third-order valence-electron chi connectivity index (χ3n) is 13.4. The van der Waals surface area contributed by atoms with Gasteiger partial charge in [-0.15, -0.1) is 0 Å². The van der Waals surface area contributed by atoms with E-state index >= 15 is 0 Å². The molecule has 0 fully saturated rings. The van der Waals surface area contributed by atoms with E-state index in [4.69, 9.17) is 4.52 Å². The Kier molecular flexibility index (Phi) is 13.6. The van der Waals surface area contributed by atoms with Crippen molar-refractivity contribution in [2.24, 2.45) is 32.5 Å². The van der Waals surface area contributed by atoms with Crippen molar-refractivity contribution >= 4 is 15.6 Å². The van der Waals surface area contributed by atoms with E-state index in [1.807, 2.05) is 36.4 Å². The van der Waals surface area contributed by atoms with E-state index in [0.29, 0.717) is 11.1 Å². The Balaban J connectivity index is 2.02. The van der Waals surface area contributed by atoms with Gasteiger partial charge in [-0.3, -0.25) is 4.89 Å². The minimum absolute atomic E-state index is 0.103. The summed E-state index contributed by atoms with van der Waals surface area (Å²) in [5, 5.41) is 36.7. The normalized spacial score (nSPS) is 23.6. The van der Waals surface area contributed by atoms with Gasteiger partial charge >= 0.3 is 15.6 Å². The second-order valence-electron chi connectivity index (χ2n) is 24.4. The Hall–Kier alpha value is -3.88. The fourth-order valence-electron chi connectivity index (χ4n) is 11.4. The molecule has 0 aromatic heterocycles. The maximum atomic E-state index is 13.6. The standard InChI is InChI=1S/C54H76O10P2/c1-47(2,3)42-33(29-31-53(51(13,14)15,45(42)49(7,8)9)36-23-19-21-25-38(36)55)34-27-28-40(63-66(61,62)64-65(58,59)60)41(44(34)57)35-30-32-54(52(16,17)18,37-24-20-22-26-39(37)56)46(50(10,11)12)43(35)48(4,5)6/h19-33,35,55-57H,1-18H3,(H,61,62)(H2,58,59,60). The van der Waals surface area contributed by atoms with Gasteiger partial charge in [0.25, 0.3) is 0 Å². The SMILES string of the molecule is CC(C)(C)C1=C(C(C)(C)C)C(c2ccccc2O)(C(C)(C)C)C=CC1c1ccc(OP(=O)(O)OP(=O)(O)O)c(C2C=CC(c3ccccc3O)(C(C)(C)C)C(C(C)(C)C)=C2C(C)(C)C)c1O. The first kappa shape index (κ1) is 53.1. The number of para-hydroxylation sites is 2. The molecular weight excluding hydrogens is 871 g/mol. The number of hydrogen-bond donors (Lipinski definition) is 6. The van der Waals surface area contributed by atoms with Crippen molar-refractivity contribution in [3.05, 3.63) is 130 Å². The summed E-state index contributed by atoms with van der Waals surface area (Å²) in [5.74, 6) is -1.69. The monoisotopic (exact) mass is 946 g/mol. The molecule has 6 N–H and O–H groups in total. The molecule has 0 radical (unpaired) electrons. The van der Waals surface area contributed by atoms with Crippen LogP contribution in [0.4, 0.5) is 0 Å². The van der Waals surface area contributed by atoms with Crippen molar-refractivity contribution < 1.29 is 48.0 Å². The molecular formula is C54H76O10P2. The van der Waals surface area contributed by atoms with Gasteiger partial charge in [-0.05, 0) is 61.8 Å². The molecule has 362 valence electrons. The van der Waals surface area contributed by atoms with Crippen LogP contribution in [-0.4, -0.2) is 30.0 Å². The summed E-state index contributed by atoms with van der Waals surface area (Å²) in [7, 11) is -11.1. The van der Waals surface area contributed by atoms with Crippen LogP contribution in [-0.2, 0) is 24.3 Å². The second kappa shape index (κ2) is 17.0. The Labute approximate surface area is 394 Å². The highest BCUT2D eigenvalue weighted by molar-refractivity contribution is 7.60. The lowest BCUT2D eigenvalue weighted by Gasteiger charge is -2.55. The highest BCUT2D eigenvalue weighted by atomic mass is 31.3. The molecule has 0 amide bonds. The highest BCUT2D eigenvalue weighted by Gasteiger charge is 2.56. The molecule has 5 unspecified atom stereocenters. The van der Waals surface area contributed by atoms with Crippen molar-refractivity contribution in [2.45, 2.75) is 147 Å². The molecule has 12 heteroatoms. The lowest BCUT2D eigenvalue weighted by atomic mass is 9.48. The van der Waals surface area contributed by atoms with Crippen molar-refractivity contribution in [1.29, 1.82) is 0 Å². The van der Waals surface area contributed by atoms with Crippen molar-refractivity contribution in [1.82, 2.24) is 0 Å². The zero-order valence-corrected chi connectivity index (χ0v) is 44.2. The highest BCUT2D eigenvalue weighted by Crippen LogP contribution is 2.67. The third kappa shape index (κ3) is 9.58. The van der Waals surface area contributed by atoms with Crippen LogP contribution in [0.5, 0.6) is 23.0 Å². The molecule has 10 nitrogen and oxygen atoms in total. The Morgan fingerprint density at radius 3 is 1.24 bits per heavy atom. The second-order valence-corrected chi connectivity index (χ2v) is 27.2. The molecule has 0 heterocycles. The smallest absolute Gasteiger partial charge is 0.508 e. The van der Waals surface area contributed by atoms with Gasteiger partial charge in [0.1, 0.15) is 23.0 Å². The van der Waals surface area contributed by atoms with Crippen LogP contribution < -0.4 is 4.52 Å². The van der Waals surface area contributed by atoms with Crippen LogP contribution in [0, 0.1) is 32.5 Å². The largest absolute Gasteiger partial charge is 0.536 e. The number of phosphoric ester groups is 1. The van der Waals surface area contributed by atoms with Crippen LogP contribution in [0.15, 0.2) is 107 Å². The van der Waals surface area contributed by atoms with Crippen LogP contribution in [0.2, 0.25) is 0 Å². The number of phenols is 3. The van der Waals surface area contributed by atoms with Gasteiger partial charge < -0.3 is 29.6 Å². The van der Waals surface area contributed by atoms with Crippen LogP contribution in [0.25, 0.3) is 0 Å². The molecule has 3 aromatic rings. The van der Waals surface area contributed by atoms with Gasteiger partial charge in [0, 0.05) is 44.9 Å². The minimum Gasteiger partial charge on any atom is -0.508 e. The van der Waals surface area contributed by atoms with E-state index < -0.39 is 70.8 Å². The maximum absolute atomic E-state index is 13.6. The van der Waals surface area contributed by atoms with Gasteiger partial charge in [-0.25, -0.2) is 9.13 Å². The summed E-state index contributed by atoms with van der Waals surface area (Å²) in [4.78, 5) is 30.4. The van der Waals surface area contributed by atoms with Crippen molar-refractivity contribution in [2.75, 3.05) is 0 Å². The molecule has 0 spiro atoms. The summed E-state index contributed by atoms with van der Waals surface area (Å²) < 4.78 is 35.7. The van der Waals surface area contributed by atoms with Crippen molar-refractivity contribution in [3.63, 3.8) is 0 Å². The van der Waals surface area contributed by atoms with Crippen molar-refractivity contribution in [3.8, 4) is 23.0 Å². The Bertz CT molecular complexity index is 2590. The first-order valence-electron chi connectivity index (χ1n) is 22.8. The molecule has 5 atom stereocenters. The molecule has 2 aliphatic rings. The topological polar surface area (TPSA) is 174 Å². The van der Waals surface area contributed by atoms with E-state index in [1.165, 1.54) is 6.07 Å². The summed E-state index contributed by atoms with van der Waals surface area (Å²) in [6.45, 7) is 38.3. The fraction of sp³-hybridized carbons (Fsp3) is 0.519. The number of hydrogen-bond acceptors (Lipinski definition) is 7. The number of phenolic OH excluding ortho intramolecular Hbond substituents is 3. The van der Waals surface area contributed by atoms with Crippen LogP contribution in [0.3, 0.4) is 0 Å². The first-order chi connectivity index (χ1) is 29.7. The lowest BCUT2D eigenvalue weighted by Crippen LogP contribution is -2.48. The van der Waals surface area contributed by atoms with Gasteiger partial charge in [0.2, 0.25) is 0 Å². The molecule has 5 rings (SSSR count). The predicted octanol–water partition coefficient (Wildman–Crippen LogP) is 14.4. The quantitative estimate of drug-likeness (QED) is 0.0942. The number of rotatable bonds is 8. The summed E-state index contributed by atoms with van der Waals surface area (Å²) in [6.07, 6.45) is 8.25. The van der Waals surface area contributed by atoms with Gasteiger partial charge in [-0.1, -0.05) is 203 Å². The summed E-state index contributed by atoms with van der Waals surface area (Å²) >= 11 is 0. The van der Waals surface area contributed by atoms with Crippen LogP contribution in [0.1, 0.15) is 159 Å². The average Bonchev–Trinajstić information content (AvgIpc) is 3.11. The Morgan fingerprint density at radius 1 is 0.515 bits per heavy atom. The predicted molar refractivity (Wildman–Crippen MR) is 266 cm³/mol.